The number of halogens is 3. The van der Waals surface area contributed by atoms with Gasteiger partial charge in [-0.25, -0.2) is 4.79 Å². The van der Waals surface area contributed by atoms with Crippen LogP contribution < -0.4 is 10.5 Å². The van der Waals surface area contributed by atoms with Gasteiger partial charge < -0.3 is 10.5 Å². The molecule has 2 N–H and O–H groups in total. The Morgan fingerprint density at radius 2 is 1.65 bits per heavy atom. The van der Waals surface area contributed by atoms with Gasteiger partial charge in [0.05, 0.1) is 5.56 Å². The van der Waals surface area contributed by atoms with Crippen molar-refractivity contribution in [3.8, 4) is 5.75 Å². The number of anilines is 1. The van der Waals surface area contributed by atoms with Crippen LogP contribution in [0.25, 0.3) is 10.8 Å². The molecule has 0 atom stereocenters. The highest BCUT2D eigenvalue weighted by molar-refractivity contribution is 14.1. The molecule has 0 saturated carbocycles. The maximum atomic E-state index is 12.6. The fraction of sp³-hybridized carbons (Fsp3) is 0. The highest BCUT2D eigenvalue weighted by atomic mass is 127. The molecule has 0 amide bonds. The van der Waals surface area contributed by atoms with E-state index in [1.165, 1.54) is 0 Å². The number of fused-ring (bicyclic) bond motifs is 1. The summed E-state index contributed by atoms with van der Waals surface area (Å²) in [6.07, 6.45) is 0. The number of rotatable bonds is 2. The SMILES string of the molecule is Nc1ccc(OC(=O)c2cc(I)cc(I)c2I)c2ccccc12. The molecule has 0 fully saturated rings. The molecule has 0 aliphatic heterocycles. The van der Waals surface area contributed by atoms with Crippen LogP contribution in [0, 0.1) is 10.7 Å². The van der Waals surface area contributed by atoms with Gasteiger partial charge in [-0.1, -0.05) is 24.3 Å². The summed E-state index contributed by atoms with van der Waals surface area (Å²) in [6.45, 7) is 0. The second kappa shape index (κ2) is 7.09. The minimum absolute atomic E-state index is 0.360. The third kappa shape index (κ3) is 3.58. The average Bonchev–Trinajstić information content (AvgIpc) is 2.53. The van der Waals surface area contributed by atoms with E-state index < -0.39 is 0 Å². The average molecular weight is 641 g/mol. The van der Waals surface area contributed by atoms with E-state index in [1.54, 1.807) is 12.1 Å². The van der Waals surface area contributed by atoms with Crippen molar-refractivity contribution in [2.75, 3.05) is 5.73 Å². The van der Waals surface area contributed by atoms with Crippen LogP contribution in [-0.4, -0.2) is 5.97 Å². The quantitative estimate of drug-likeness (QED) is 0.133. The molecule has 0 unspecified atom stereocenters. The lowest BCUT2D eigenvalue weighted by Crippen LogP contribution is -2.12. The Bertz CT molecular complexity index is 925. The molecule has 0 bridgehead atoms. The van der Waals surface area contributed by atoms with Crippen LogP contribution in [0.3, 0.4) is 0 Å². The zero-order chi connectivity index (χ0) is 16.6. The number of carbonyl (C=O) groups excluding carboxylic acids is 1. The van der Waals surface area contributed by atoms with Gasteiger partial charge in [0, 0.05) is 27.2 Å². The Kier molecular flexibility index (Phi) is 5.31. The standard InChI is InChI=1S/C17H10I3NO2/c18-9-7-12(16(20)13(19)8-9)17(22)23-15-6-5-14(21)10-3-1-2-4-11(10)15/h1-8H,21H2. The van der Waals surface area contributed by atoms with E-state index in [2.05, 4.69) is 67.8 Å². The first-order chi connectivity index (χ1) is 11.0. The molecule has 6 heteroatoms. The fourth-order valence-corrected chi connectivity index (χ4v) is 4.62. The summed E-state index contributed by atoms with van der Waals surface area (Å²) in [7, 11) is 0. The second-order valence-electron chi connectivity index (χ2n) is 4.84. The maximum Gasteiger partial charge on any atom is 0.344 e. The van der Waals surface area contributed by atoms with E-state index in [-0.39, 0.29) is 5.97 Å². The minimum Gasteiger partial charge on any atom is -0.422 e. The highest BCUT2D eigenvalue weighted by Crippen LogP contribution is 2.31. The molecule has 0 spiro atoms. The third-order valence-corrected chi connectivity index (χ3v) is 7.00. The largest absolute Gasteiger partial charge is 0.422 e. The first-order valence-corrected chi connectivity index (χ1v) is 9.85. The second-order valence-corrected chi connectivity index (χ2v) is 8.32. The maximum absolute atomic E-state index is 12.6. The Morgan fingerprint density at radius 1 is 0.957 bits per heavy atom. The number of hydrogen-bond acceptors (Lipinski definition) is 3. The van der Waals surface area contributed by atoms with Gasteiger partial charge in [0.25, 0.3) is 0 Å². The first kappa shape index (κ1) is 17.2. The Labute approximate surface area is 174 Å². The summed E-state index contributed by atoms with van der Waals surface area (Å²) in [5, 5.41) is 1.71. The van der Waals surface area contributed by atoms with Crippen molar-refractivity contribution in [2.45, 2.75) is 0 Å². The topological polar surface area (TPSA) is 52.3 Å². The Morgan fingerprint density at radius 3 is 2.39 bits per heavy atom. The molecule has 0 heterocycles. The summed E-state index contributed by atoms with van der Waals surface area (Å²) in [6, 6.07) is 15.0. The van der Waals surface area contributed by atoms with E-state index in [9.17, 15) is 4.79 Å². The molecule has 0 radical (unpaired) electrons. The van der Waals surface area contributed by atoms with Gasteiger partial charge in [-0.15, -0.1) is 0 Å². The van der Waals surface area contributed by atoms with Crippen LogP contribution in [-0.2, 0) is 0 Å². The third-order valence-electron chi connectivity index (χ3n) is 3.33. The molecule has 0 aliphatic rings. The number of carbonyl (C=O) groups is 1. The first-order valence-electron chi connectivity index (χ1n) is 6.61. The van der Waals surface area contributed by atoms with E-state index >= 15 is 0 Å². The van der Waals surface area contributed by atoms with Crippen molar-refractivity contribution in [1.29, 1.82) is 0 Å². The lowest BCUT2D eigenvalue weighted by Gasteiger charge is -2.11. The molecule has 0 aromatic heterocycles. The van der Waals surface area contributed by atoms with Crippen LogP contribution in [0.5, 0.6) is 5.75 Å². The fourth-order valence-electron chi connectivity index (χ4n) is 2.24. The number of ether oxygens (including phenoxy) is 1. The van der Waals surface area contributed by atoms with Crippen molar-refractivity contribution in [1.82, 2.24) is 0 Å². The molecular weight excluding hydrogens is 631 g/mol. The molecule has 3 aromatic rings. The van der Waals surface area contributed by atoms with E-state index in [0.717, 1.165) is 21.5 Å². The van der Waals surface area contributed by atoms with Gasteiger partial charge in [-0.05, 0) is 92.0 Å². The number of benzene rings is 3. The molecule has 0 aliphatic carbocycles. The normalized spacial score (nSPS) is 10.7. The lowest BCUT2D eigenvalue weighted by molar-refractivity contribution is 0.0736. The number of hydrogen-bond donors (Lipinski definition) is 1. The molecular formula is C17H10I3NO2. The molecule has 3 rings (SSSR count). The Balaban J connectivity index is 2.03. The van der Waals surface area contributed by atoms with Gasteiger partial charge >= 0.3 is 5.97 Å². The smallest absolute Gasteiger partial charge is 0.344 e. The van der Waals surface area contributed by atoms with Gasteiger partial charge in [0.15, 0.2) is 0 Å². The summed E-state index contributed by atoms with van der Waals surface area (Å²) >= 11 is 6.59. The van der Waals surface area contributed by atoms with Crippen LogP contribution in [0.2, 0.25) is 0 Å². The van der Waals surface area contributed by atoms with E-state index in [1.807, 2.05) is 36.4 Å². The monoisotopic (exact) mass is 641 g/mol. The predicted molar refractivity (Wildman–Crippen MR) is 118 cm³/mol. The minimum atomic E-state index is -0.360. The molecule has 116 valence electrons. The van der Waals surface area contributed by atoms with Crippen LogP contribution in [0.1, 0.15) is 10.4 Å². The van der Waals surface area contributed by atoms with Gasteiger partial charge in [0.1, 0.15) is 5.75 Å². The predicted octanol–water partition coefficient (Wildman–Crippen LogP) is 5.46. The zero-order valence-electron chi connectivity index (χ0n) is 11.6. The molecule has 23 heavy (non-hydrogen) atoms. The van der Waals surface area contributed by atoms with Crippen molar-refractivity contribution in [2.24, 2.45) is 0 Å². The number of esters is 1. The van der Waals surface area contributed by atoms with Crippen molar-refractivity contribution in [3.05, 3.63) is 64.8 Å². The summed E-state index contributed by atoms with van der Waals surface area (Å²) in [5.41, 5.74) is 7.22. The zero-order valence-corrected chi connectivity index (χ0v) is 18.1. The van der Waals surface area contributed by atoms with Crippen LogP contribution >= 0.6 is 67.8 Å². The summed E-state index contributed by atoms with van der Waals surface area (Å²) in [4.78, 5) is 12.6. The van der Waals surface area contributed by atoms with E-state index in [4.69, 9.17) is 10.5 Å². The number of nitrogen functional groups attached to an aromatic ring is 1. The van der Waals surface area contributed by atoms with Gasteiger partial charge in [-0.3, -0.25) is 0 Å². The molecule has 0 saturated heterocycles. The highest BCUT2D eigenvalue weighted by Gasteiger charge is 2.17. The van der Waals surface area contributed by atoms with E-state index in [0.29, 0.717) is 17.0 Å². The van der Waals surface area contributed by atoms with Crippen LogP contribution in [0.4, 0.5) is 5.69 Å². The Hall–Kier alpha value is -0.620. The van der Waals surface area contributed by atoms with Crippen molar-refractivity contribution < 1.29 is 9.53 Å². The van der Waals surface area contributed by atoms with Crippen LogP contribution in [0.15, 0.2) is 48.5 Å². The number of nitrogens with two attached hydrogens (primary N) is 1. The van der Waals surface area contributed by atoms with Crippen molar-refractivity contribution in [3.63, 3.8) is 0 Å². The molecule has 3 aromatic carbocycles. The summed E-state index contributed by atoms with van der Waals surface area (Å²) in [5.74, 6) is 0.158. The van der Waals surface area contributed by atoms with Crippen molar-refractivity contribution >= 4 is 90.2 Å². The lowest BCUT2D eigenvalue weighted by atomic mass is 10.1. The summed E-state index contributed by atoms with van der Waals surface area (Å²) < 4.78 is 8.58. The van der Waals surface area contributed by atoms with Gasteiger partial charge in [-0.2, -0.15) is 0 Å². The molecule has 3 nitrogen and oxygen atoms in total. The van der Waals surface area contributed by atoms with Gasteiger partial charge in [0.2, 0.25) is 0 Å².